The molecule has 1 unspecified atom stereocenters. The Hall–Kier alpha value is -1.48. The van der Waals surface area contributed by atoms with Gasteiger partial charge in [0.25, 0.3) is 0 Å². The van der Waals surface area contributed by atoms with Gasteiger partial charge in [-0.1, -0.05) is 6.08 Å². The van der Waals surface area contributed by atoms with Crippen molar-refractivity contribution in [3.63, 3.8) is 0 Å². The summed E-state index contributed by atoms with van der Waals surface area (Å²) in [5, 5.41) is 3.22. The Bertz CT molecular complexity index is 321. The van der Waals surface area contributed by atoms with Crippen LogP contribution in [0, 0.1) is 0 Å². The van der Waals surface area contributed by atoms with E-state index in [1.165, 1.54) is 0 Å². The Kier molecular flexibility index (Phi) is 6.18. The predicted octanol–water partition coefficient (Wildman–Crippen LogP) is 2.63. The fraction of sp³-hybridized carbons (Fsp3) is 0.429. The number of hydrogen-bond donors (Lipinski definition) is 1. The van der Waals surface area contributed by atoms with E-state index >= 15 is 0 Å². The van der Waals surface area contributed by atoms with Crippen LogP contribution >= 0.6 is 0 Å². The molecule has 0 aromatic heterocycles. The van der Waals surface area contributed by atoms with Crippen molar-refractivity contribution in [2.75, 3.05) is 19.7 Å². The summed E-state index contributed by atoms with van der Waals surface area (Å²) in [6.45, 7) is 9.95. The molecule has 1 aromatic carbocycles. The summed E-state index contributed by atoms with van der Waals surface area (Å²) in [6, 6.07) is 7.69. The number of rotatable bonds is 8. The lowest BCUT2D eigenvalue weighted by atomic mass is 10.3. The van der Waals surface area contributed by atoms with Gasteiger partial charge in [-0.2, -0.15) is 0 Å². The van der Waals surface area contributed by atoms with E-state index in [1.807, 2.05) is 44.2 Å². The van der Waals surface area contributed by atoms with Crippen LogP contribution < -0.4 is 14.8 Å². The van der Waals surface area contributed by atoms with Gasteiger partial charge in [-0.15, -0.1) is 6.58 Å². The average Bonchev–Trinajstić information content (AvgIpc) is 2.32. The fourth-order valence-electron chi connectivity index (χ4n) is 1.44. The van der Waals surface area contributed by atoms with Crippen LogP contribution in [0.1, 0.15) is 13.8 Å². The molecule has 0 saturated carbocycles. The second kappa shape index (κ2) is 7.74. The molecule has 0 fully saturated rings. The van der Waals surface area contributed by atoms with Crippen molar-refractivity contribution in [2.45, 2.75) is 20.0 Å². The molecule has 1 aromatic rings. The minimum absolute atomic E-state index is 0.132. The minimum Gasteiger partial charge on any atom is -0.494 e. The lowest BCUT2D eigenvalue weighted by Crippen LogP contribution is -2.28. The summed E-state index contributed by atoms with van der Waals surface area (Å²) in [6.07, 6.45) is 1.97. The molecule has 0 spiro atoms. The van der Waals surface area contributed by atoms with Crippen LogP contribution in [0.25, 0.3) is 0 Å². The van der Waals surface area contributed by atoms with Gasteiger partial charge in [0.15, 0.2) is 0 Å². The molecule has 0 aliphatic heterocycles. The molecule has 3 heteroatoms. The lowest BCUT2D eigenvalue weighted by molar-refractivity contribution is 0.218. The molecule has 0 amide bonds. The molecule has 1 atom stereocenters. The third kappa shape index (κ3) is 5.41. The molecule has 0 saturated heterocycles. The zero-order valence-electron chi connectivity index (χ0n) is 10.6. The van der Waals surface area contributed by atoms with Gasteiger partial charge in [0.1, 0.15) is 17.6 Å². The maximum atomic E-state index is 5.74. The van der Waals surface area contributed by atoms with Crippen LogP contribution in [0.2, 0.25) is 0 Å². The van der Waals surface area contributed by atoms with E-state index in [1.54, 1.807) is 0 Å². The Balaban J connectivity index is 2.37. The molecule has 0 heterocycles. The molecule has 0 radical (unpaired) electrons. The summed E-state index contributed by atoms with van der Waals surface area (Å²) in [5.74, 6) is 1.73. The zero-order chi connectivity index (χ0) is 12.5. The fourth-order valence-corrected chi connectivity index (χ4v) is 1.44. The van der Waals surface area contributed by atoms with Crippen LogP contribution in [-0.4, -0.2) is 25.8 Å². The molecule has 94 valence electrons. The van der Waals surface area contributed by atoms with E-state index in [0.717, 1.165) is 24.6 Å². The highest BCUT2D eigenvalue weighted by atomic mass is 16.5. The first kappa shape index (κ1) is 13.6. The number of nitrogens with one attached hydrogen (secondary N) is 1. The maximum Gasteiger partial charge on any atom is 0.120 e. The zero-order valence-corrected chi connectivity index (χ0v) is 10.6. The van der Waals surface area contributed by atoms with Crippen LogP contribution in [0.4, 0.5) is 0 Å². The van der Waals surface area contributed by atoms with E-state index in [9.17, 15) is 0 Å². The largest absolute Gasteiger partial charge is 0.494 e. The predicted molar refractivity (Wildman–Crippen MR) is 70.8 cm³/mol. The Morgan fingerprint density at radius 3 is 2.53 bits per heavy atom. The topological polar surface area (TPSA) is 30.5 Å². The molecule has 0 aliphatic carbocycles. The molecule has 1 rings (SSSR count). The number of ether oxygens (including phenoxy) is 2. The SMILES string of the molecule is C=CCNCC(C)Oc1ccc(OCC)cc1. The first-order valence-corrected chi connectivity index (χ1v) is 5.97. The summed E-state index contributed by atoms with van der Waals surface area (Å²) in [7, 11) is 0. The molecule has 3 nitrogen and oxygen atoms in total. The number of hydrogen-bond acceptors (Lipinski definition) is 3. The Labute approximate surface area is 103 Å². The van der Waals surface area contributed by atoms with Gasteiger partial charge in [-0.05, 0) is 38.1 Å². The quantitative estimate of drug-likeness (QED) is 0.555. The molecule has 0 bridgehead atoms. The van der Waals surface area contributed by atoms with Crippen LogP contribution in [0.15, 0.2) is 36.9 Å². The van der Waals surface area contributed by atoms with Crippen molar-refractivity contribution in [2.24, 2.45) is 0 Å². The van der Waals surface area contributed by atoms with Crippen molar-refractivity contribution in [1.29, 1.82) is 0 Å². The van der Waals surface area contributed by atoms with E-state index in [4.69, 9.17) is 9.47 Å². The number of benzene rings is 1. The first-order valence-electron chi connectivity index (χ1n) is 5.97. The average molecular weight is 235 g/mol. The monoisotopic (exact) mass is 235 g/mol. The third-order valence-corrected chi connectivity index (χ3v) is 2.19. The molecule has 1 N–H and O–H groups in total. The highest BCUT2D eigenvalue weighted by Gasteiger charge is 2.03. The third-order valence-electron chi connectivity index (χ3n) is 2.19. The molecule has 0 aliphatic rings. The van der Waals surface area contributed by atoms with Gasteiger partial charge < -0.3 is 14.8 Å². The van der Waals surface area contributed by atoms with Crippen molar-refractivity contribution < 1.29 is 9.47 Å². The summed E-state index contributed by atoms with van der Waals surface area (Å²) < 4.78 is 11.1. The van der Waals surface area contributed by atoms with Gasteiger partial charge in [0.05, 0.1) is 6.61 Å². The summed E-state index contributed by atoms with van der Waals surface area (Å²) in [5.41, 5.74) is 0. The molecular weight excluding hydrogens is 214 g/mol. The Morgan fingerprint density at radius 1 is 1.29 bits per heavy atom. The normalized spacial score (nSPS) is 11.9. The van der Waals surface area contributed by atoms with E-state index in [-0.39, 0.29) is 6.10 Å². The van der Waals surface area contributed by atoms with Crippen molar-refractivity contribution in [1.82, 2.24) is 5.32 Å². The van der Waals surface area contributed by atoms with Gasteiger partial charge >= 0.3 is 0 Å². The van der Waals surface area contributed by atoms with Gasteiger partial charge in [0.2, 0.25) is 0 Å². The van der Waals surface area contributed by atoms with Crippen LogP contribution in [-0.2, 0) is 0 Å². The highest BCUT2D eigenvalue weighted by Crippen LogP contribution is 2.18. The van der Waals surface area contributed by atoms with Crippen LogP contribution in [0.5, 0.6) is 11.5 Å². The Morgan fingerprint density at radius 2 is 1.94 bits per heavy atom. The summed E-state index contributed by atoms with van der Waals surface area (Å²) in [4.78, 5) is 0. The lowest BCUT2D eigenvalue weighted by Gasteiger charge is -2.15. The van der Waals surface area contributed by atoms with Gasteiger partial charge in [-0.3, -0.25) is 0 Å². The van der Waals surface area contributed by atoms with Crippen molar-refractivity contribution in [3.8, 4) is 11.5 Å². The van der Waals surface area contributed by atoms with Crippen molar-refractivity contribution in [3.05, 3.63) is 36.9 Å². The van der Waals surface area contributed by atoms with E-state index in [2.05, 4.69) is 11.9 Å². The maximum absolute atomic E-state index is 5.74. The van der Waals surface area contributed by atoms with E-state index in [0.29, 0.717) is 6.61 Å². The first-order chi connectivity index (χ1) is 8.26. The molecular formula is C14H21NO2. The van der Waals surface area contributed by atoms with Crippen LogP contribution in [0.3, 0.4) is 0 Å². The summed E-state index contributed by atoms with van der Waals surface area (Å²) >= 11 is 0. The minimum atomic E-state index is 0.132. The standard InChI is InChI=1S/C14H21NO2/c1-4-10-15-11-12(3)17-14-8-6-13(7-9-14)16-5-2/h4,6-9,12,15H,1,5,10-11H2,2-3H3. The van der Waals surface area contributed by atoms with E-state index < -0.39 is 0 Å². The molecule has 17 heavy (non-hydrogen) atoms. The van der Waals surface area contributed by atoms with Gasteiger partial charge in [-0.25, -0.2) is 0 Å². The van der Waals surface area contributed by atoms with Crippen molar-refractivity contribution >= 4 is 0 Å². The highest BCUT2D eigenvalue weighted by molar-refractivity contribution is 5.31. The second-order valence-electron chi connectivity index (χ2n) is 3.78. The second-order valence-corrected chi connectivity index (χ2v) is 3.78. The smallest absolute Gasteiger partial charge is 0.120 e. The van der Waals surface area contributed by atoms with Gasteiger partial charge in [0, 0.05) is 13.1 Å².